The molecule has 3 rings (SSSR count). The van der Waals surface area contributed by atoms with E-state index in [1.54, 1.807) is 4.57 Å². The van der Waals surface area contributed by atoms with Crippen LogP contribution in [0.15, 0.2) is 53.7 Å². The third-order valence-electron chi connectivity index (χ3n) is 4.33. The molecule has 0 saturated heterocycles. The van der Waals surface area contributed by atoms with E-state index in [9.17, 15) is 4.79 Å². The molecular formula is C20H22ClN5OS. The number of nitrogens with one attached hydrogen (secondary N) is 1. The Balaban J connectivity index is 1.78. The van der Waals surface area contributed by atoms with Gasteiger partial charge in [0.25, 0.3) is 0 Å². The summed E-state index contributed by atoms with van der Waals surface area (Å²) in [4.78, 5) is 12.9. The zero-order valence-corrected chi connectivity index (χ0v) is 17.3. The van der Waals surface area contributed by atoms with Gasteiger partial charge in [-0.15, -0.1) is 10.2 Å². The first-order valence-corrected chi connectivity index (χ1v) is 10.3. The molecule has 1 atom stereocenters. The third kappa shape index (κ3) is 4.66. The number of amides is 1. The Bertz CT molecular complexity index is 957. The highest BCUT2D eigenvalue weighted by atomic mass is 35.5. The van der Waals surface area contributed by atoms with Crippen molar-refractivity contribution in [2.75, 3.05) is 11.1 Å². The molecule has 28 heavy (non-hydrogen) atoms. The number of nitrogen functional groups attached to an aromatic ring is 1. The molecule has 0 aliphatic carbocycles. The fourth-order valence-electron chi connectivity index (χ4n) is 2.79. The molecule has 1 amide bonds. The largest absolute Gasteiger partial charge is 0.368 e. The molecule has 0 fully saturated rings. The molecular weight excluding hydrogens is 394 g/mol. The first-order valence-electron chi connectivity index (χ1n) is 8.93. The quantitative estimate of drug-likeness (QED) is 0.546. The Hall–Kier alpha value is -2.51. The van der Waals surface area contributed by atoms with Crippen LogP contribution in [0.3, 0.4) is 0 Å². The molecule has 0 aliphatic rings. The van der Waals surface area contributed by atoms with E-state index in [4.69, 9.17) is 17.3 Å². The zero-order chi connectivity index (χ0) is 20.1. The smallest absolute Gasteiger partial charge is 0.247 e. The summed E-state index contributed by atoms with van der Waals surface area (Å²) in [6, 6.07) is 14.8. The van der Waals surface area contributed by atoms with Gasteiger partial charge in [0, 0.05) is 16.5 Å². The fraction of sp³-hybridized carbons (Fsp3) is 0.250. The molecule has 0 saturated carbocycles. The standard InChI is InChI=1S/C20H22ClN5OS/c1-3-17(18(27)23-15-10-8-13(2)9-11-15)26-19(22)24-25-20(26)28-12-14-6-4-5-7-16(14)21/h4-11,17H,3,12H2,1-2H3,(H2,22,24)(H,23,27). The van der Waals surface area contributed by atoms with Gasteiger partial charge in [0.2, 0.25) is 11.9 Å². The van der Waals surface area contributed by atoms with Gasteiger partial charge in [-0.2, -0.15) is 0 Å². The minimum Gasteiger partial charge on any atom is -0.368 e. The molecule has 1 heterocycles. The van der Waals surface area contributed by atoms with E-state index in [1.165, 1.54) is 11.8 Å². The number of thioether (sulfide) groups is 1. The molecule has 8 heteroatoms. The van der Waals surface area contributed by atoms with Crippen molar-refractivity contribution in [3.05, 3.63) is 64.7 Å². The number of halogens is 1. The molecule has 146 valence electrons. The molecule has 3 aromatic rings. The second kappa shape index (κ2) is 9.12. The van der Waals surface area contributed by atoms with E-state index in [1.807, 2.05) is 62.4 Å². The van der Waals surface area contributed by atoms with Crippen LogP contribution >= 0.6 is 23.4 Å². The van der Waals surface area contributed by atoms with E-state index in [2.05, 4.69) is 15.5 Å². The Morgan fingerprint density at radius 2 is 1.93 bits per heavy atom. The van der Waals surface area contributed by atoms with Crippen molar-refractivity contribution in [3.8, 4) is 0 Å². The van der Waals surface area contributed by atoms with Crippen LogP contribution in [-0.2, 0) is 10.5 Å². The van der Waals surface area contributed by atoms with Gasteiger partial charge in [0.15, 0.2) is 5.16 Å². The molecule has 0 radical (unpaired) electrons. The number of aryl methyl sites for hydroxylation is 1. The third-order valence-corrected chi connectivity index (χ3v) is 5.69. The number of nitrogens with two attached hydrogens (primary N) is 1. The van der Waals surface area contributed by atoms with Crippen LogP contribution < -0.4 is 11.1 Å². The number of hydrogen-bond donors (Lipinski definition) is 2. The van der Waals surface area contributed by atoms with Gasteiger partial charge < -0.3 is 11.1 Å². The number of rotatable bonds is 7. The van der Waals surface area contributed by atoms with E-state index >= 15 is 0 Å². The summed E-state index contributed by atoms with van der Waals surface area (Å²) in [5.74, 6) is 0.665. The van der Waals surface area contributed by atoms with Gasteiger partial charge in [-0.1, -0.05) is 66.2 Å². The lowest BCUT2D eigenvalue weighted by Crippen LogP contribution is -2.27. The molecule has 3 N–H and O–H groups in total. The minimum absolute atomic E-state index is 0.155. The zero-order valence-electron chi connectivity index (χ0n) is 15.7. The maximum Gasteiger partial charge on any atom is 0.247 e. The highest BCUT2D eigenvalue weighted by Crippen LogP contribution is 2.30. The van der Waals surface area contributed by atoms with Gasteiger partial charge in [-0.25, -0.2) is 0 Å². The SMILES string of the molecule is CCC(C(=O)Nc1ccc(C)cc1)n1c(N)nnc1SCc1ccccc1Cl. The van der Waals surface area contributed by atoms with Crippen molar-refractivity contribution in [2.45, 2.75) is 37.2 Å². The normalized spacial score (nSPS) is 12.0. The van der Waals surface area contributed by atoms with Crippen LogP contribution in [0.4, 0.5) is 11.6 Å². The highest BCUT2D eigenvalue weighted by Gasteiger charge is 2.25. The Morgan fingerprint density at radius 1 is 1.21 bits per heavy atom. The Morgan fingerprint density at radius 3 is 2.61 bits per heavy atom. The average molecular weight is 416 g/mol. The predicted octanol–water partition coefficient (Wildman–Crippen LogP) is 4.70. The Kier molecular flexibility index (Phi) is 6.59. The van der Waals surface area contributed by atoms with Gasteiger partial charge in [0.05, 0.1) is 0 Å². The summed E-state index contributed by atoms with van der Waals surface area (Å²) in [5, 5.41) is 12.4. The van der Waals surface area contributed by atoms with Gasteiger partial charge >= 0.3 is 0 Å². The summed E-state index contributed by atoms with van der Waals surface area (Å²) < 4.78 is 1.69. The first kappa shape index (κ1) is 20.2. The van der Waals surface area contributed by atoms with Crippen LogP contribution in [-0.4, -0.2) is 20.7 Å². The number of benzene rings is 2. The lowest BCUT2D eigenvalue weighted by atomic mass is 10.2. The second-order valence-electron chi connectivity index (χ2n) is 6.37. The number of nitrogens with zero attached hydrogens (tertiary/aromatic N) is 3. The summed E-state index contributed by atoms with van der Waals surface area (Å²) >= 11 is 7.68. The van der Waals surface area contributed by atoms with Crippen LogP contribution in [0.5, 0.6) is 0 Å². The molecule has 6 nitrogen and oxygen atoms in total. The van der Waals surface area contributed by atoms with Crippen molar-refractivity contribution in [3.63, 3.8) is 0 Å². The molecule has 0 bridgehead atoms. The van der Waals surface area contributed by atoms with Crippen molar-refractivity contribution < 1.29 is 4.79 Å². The maximum absolute atomic E-state index is 12.9. The number of aromatic nitrogens is 3. The van der Waals surface area contributed by atoms with Crippen LogP contribution in [0.25, 0.3) is 0 Å². The minimum atomic E-state index is -0.509. The van der Waals surface area contributed by atoms with Crippen molar-refractivity contribution >= 4 is 40.9 Å². The number of carbonyl (C=O) groups excluding carboxylic acids is 1. The number of anilines is 2. The second-order valence-corrected chi connectivity index (χ2v) is 7.72. The summed E-state index contributed by atoms with van der Waals surface area (Å²) in [6.07, 6.45) is 0.555. The van der Waals surface area contributed by atoms with E-state index in [-0.39, 0.29) is 11.9 Å². The number of carbonyl (C=O) groups is 1. The van der Waals surface area contributed by atoms with Crippen LogP contribution in [0.2, 0.25) is 5.02 Å². The average Bonchev–Trinajstić information content (AvgIpc) is 3.04. The molecule has 0 aliphatic heterocycles. The Labute approximate surface area is 173 Å². The summed E-state index contributed by atoms with van der Waals surface area (Å²) in [5.41, 5.74) is 8.90. The van der Waals surface area contributed by atoms with Crippen LogP contribution in [0, 0.1) is 6.92 Å². The fourth-order valence-corrected chi connectivity index (χ4v) is 4.06. The van der Waals surface area contributed by atoms with Crippen molar-refractivity contribution in [1.29, 1.82) is 0 Å². The summed E-state index contributed by atoms with van der Waals surface area (Å²) in [6.45, 7) is 3.93. The first-order chi connectivity index (χ1) is 13.5. The van der Waals surface area contributed by atoms with Gasteiger partial charge in [-0.05, 0) is 37.1 Å². The van der Waals surface area contributed by atoms with Crippen molar-refractivity contribution in [2.24, 2.45) is 0 Å². The van der Waals surface area contributed by atoms with E-state index in [0.29, 0.717) is 22.4 Å². The lowest BCUT2D eigenvalue weighted by Gasteiger charge is -2.19. The van der Waals surface area contributed by atoms with Gasteiger partial charge in [-0.3, -0.25) is 9.36 Å². The van der Waals surface area contributed by atoms with E-state index in [0.717, 1.165) is 16.8 Å². The molecule has 1 aromatic heterocycles. The summed E-state index contributed by atoms with van der Waals surface area (Å²) in [7, 11) is 0. The molecule has 1 unspecified atom stereocenters. The lowest BCUT2D eigenvalue weighted by molar-refractivity contribution is -0.119. The van der Waals surface area contributed by atoms with Gasteiger partial charge in [0.1, 0.15) is 6.04 Å². The maximum atomic E-state index is 12.9. The van der Waals surface area contributed by atoms with E-state index < -0.39 is 6.04 Å². The van der Waals surface area contributed by atoms with Crippen molar-refractivity contribution in [1.82, 2.24) is 14.8 Å². The molecule has 2 aromatic carbocycles. The molecule has 0 spiro atoms. The van der Waals surface area contributed by atoms with Crippen LogP contribution in [0.1, 0.15) is 30.5 Å². The topological polar surface area (TPSA) is 85.8 Å². The highest BCUT2D eigenvalue weighted by molar-refractivity contribution is 7.98. The number of hydrogen-bond acceptors (Lipinski definition) is 5. The monoisotopic (exact) mass is 415 g/mol. The predicted molar refractivity (Wildman–Crippen MR) is 115 cm³/mol.